The van der Waals surface area contributed by atoms with E-state index in [0.717, 1.165) is 33.3 Å². The summed E-state index contributed by atoms with van der Waals surface area (Å²) < 4.78 is 2.51. The van der Waals surface area contributed by atoms with Crippen molar-refractivity contribution in [1.82, 2.24) is 4.40 Å². The fraction of sp³-hybridized carbons (Fsp3) is 0.152. The molecule has 3 heteroatoms. The van der Waals surface area contributed by atoms with Gasteiger partial charge in [-0.1, -0.05) is 149 Å². The van der Waals surface area contributed by atoms with Gasteiger partial charge in [-0.15, -0.1) is 0 Å². The Morgan fingerprint density at radius 1 is 0.391 bits per heavy atom. The van der Waals surface area contributed by atoms with Gasteiger partial charge in [0.1, 0.15) is 0 Å². The summed E-state index contributed by atoms with van der Waals surface area (Å²) in [5, 5.41) is 27.9. The first-order valence-corrected chi connectivity index (χ1v) is 24.6. The average molecular weight is 876 g/mol. The van der Waals surface area contributed by atoms with Crippen LogP contribution in [0.25, 0.3) is 60.3 Å². The minimum Gasteiger partial charge on any atom is -0.308 e. The zero-order chi connectivity index (χ0) is 45.7. The molecule has 0 unspecified atom stereocenters. The lowest BCUT2D eigenvalue weighted by Crippen LogP contribution is -2.29. The standard InChI is InChI=1S/C66H41N3/c1-65(2)47-24-14-13-15-34(47)43-28-49-44(29-48(43)65)45-27-46-58-50(25-32(30-67)52-54-35-16-5-9-20-39(35)56(60(52)58)40-21-10-6-17-36(40)54)69-51-26-33(31-68)53-55-37-18-7-11-22-41(37)57(42-23-12-8-19-38(42)55)61(53)59(51)62(64(46)69)63(45)66(49,3)4/h5-29,54-57H,1-4H3. The van der Waals surface area contributed by atoms with Crippen molar-refractivity contribution in [3.8, 4) is 34.4 Å². The molecule has 69 heavy (non-hydrogen) atoms. The second-order valence-electron chi connectivity index (χ2n) is 21.9. The highest BCUT2D eigenvalue weighted by Gasteiger charge is 2.49. The maximum atomic E-state index is 11.5. The Morgan fingerprint density at radius 3 is 1.29 bits per heavy atom. The van der Waals surface area contributed by atoms with Crippen molar-refractivity contribution in [2.75, 3.05) is 0 Å². The third-order valence-corrected chi connectivity index (χ3v) is 18.5. The summed E-state index contributed by atoms with van der Waals surface area (Å²) >= 11 is 0. The van der Waals surface area contributed by atoms with E-state index in [1.165, 1.54) is 127 Å². The SMILES string of the molecule is CC1(C)c2ccccc2-c2cc3c(cc21)-c1cc2c4c5c(c(C#N)cc4n4c6cc(C#N)c7c(c6c(c1C3(C)C)c24)C1c2ccccc2C7c2ccccc21)C1c2ccccc2C5c2ccccc21. The first-order valence-electron chi connectivity index (χ1n) is 24.6. The summed E-state index contributed by atoms with van der Waals surface area (Å²) in [4.78, 5) is 0. The molecule has 0 spiro atoms. The molecule has 19 rings (SSSR count). The molecule has 0 fully saturated rings. The lowest BCUT2D eigenvalue weighted by Gasteiger charge is -2.43. The largest absolute Gasteiger partial charge is 0.308 e. The molecule has 9 aromatic carbocycles. The average Bonchev–Trinajstić information content (AvgIpc) is 4.04. The van der Waals surface area contributed by atoms with Crippen LogP contribution in [-0.2, 0) is 10.8 Å². The van der Waals surface area contributed by atoms with Gasteiger partial charge >= 0.3 is 0 Å². The van der Waals surface area contributed by atoms with Crippen molar-refractivity contribution >= 4 is 38.1 Å². The Hall–Kier alpha value is -8.24. The Bertz CT molecular complexity index is 4330. The summed E-state index contributed by atoms with van der Waals surface area (Å²) in [6.45, 7) is 9.70. The zero-order valence-electron chi connectivity index (χ0n) is 38.6. The first kappa shape index (κ1) is 36.8. The van der Waals surface area contributed by atoms with Crippen LogP contribution >= 0.6 is 0 Å². The van der Waals surface area contributed by atoms with Crippen molar-refractivity contribution < 1.29 is 0 Å². The number of hydrogen-bond acceptors (Lipinski definition) is 2. The molecule has 2 heterocycles. The predicted molar refractivity (Wildman–Crippen MR) is 275 cm³/mol. The molecule has 0 aliphatic heterocycles. The van der Waals surface area contributed by atoms with Crippen molar-refractivity contribution in [2.24, 2.45) is 0 Å². The Kier molecular flexibility index (Phi) is 6.25. The normalized spacial score (nSPS) is 20.1. The molecule has 4 bridgehead atoms. The third-order valence-electron chi connectivity index (χ3n) is 18.5. The van der Waals surface area contributed by atoms with E-state index in [1.807, 2.05) is 0 Å². The maximum Gasteiger partial charge on any atom is 0.0995 e. The molecular formula is C66H41N3. The molecule has 0 amide bonds. The van der Waals surface area contributed by atoms with E-state index in [0.29, 0.717) is 0 Å². The molecule has 11 aromatic rings. The first-order chi connectivity index (χ1) is 33.7. The monoisotopic (exact) mass is 875 g/mol. The number of fused-ring (bicyclic) bond motifs is 13. The van der Waals surface area contributed by atoms with Crippen LogP contribution in [0.2, 0.25) is 0 Å². The van der Waals surface area contributed by atoms with Gasteiger partial charge in [0.05, 0.1) is 39.8 Å². The highest BCUT2D eigenvalue weighted by Crippen LogP contribution is 2.65. The fourth-order valence-electron chi connectivity index (χ4n) is 16.0. The molecule has 320 valence electrons. The van der Waals surface area contributed by atoms with Crippen LogP contribution in [0.3, 0.4) is 0 Å². The van der Waals surface area contributed by atoms with Gasteiger partial charge in [-0.05, 0) is 142 Å². The van der Waals surface area contributed by atoms with E-state index in [4.69, 9.17) is 0 Å². The second-order valence-corrected chi connectivity index (χ2v) is 21.9. The van der Waals surface area contributed by atoms with Crippen molar-refractivity contribution in [3.05, 3.63) is 252 Å². The van der Waals surface area contributed by atoms with E-state index in [2.05, 4.69) is 196 Å². The lowest BCUT2D eigenvalue weighted by molar-refractivity contribution is 0.654. The second kappa shape index (κ2) is 11.7. The van der Waals surface area contributed by atoms with Crippen LogP contribution in [-0.4, -0.2) is 4.40 Å². The molecule has 2 aromatic heterocycles. The van der Waals surface area contributed by atoms with E-state index >= 15 is 0 Å². The number of benzene rings is 9. The predicted octanol–water partition coefficient (Wildman–Crippen LogP) is 15.2. The number of hydrogen-bond donors (Lipinski definition) is 0. The van der Waals surface area contributed by atoms with Gasteiger partial charge < -0.3 is 4.40 Å². The topological polar surface area (TPSA) is 52.0 Å². The highest BCUT2D eigenvalue weighted by atomic mass is 14.9. The van der Waals surface area contributed by atoms with Gasteiger partial charge in [0.15, 0.2) is 0 Å². The molecule has 8 aliphatic carbocycles. The van der Waals surface area contributed by atoms with Crippen LogP contribution < -0.4 is 0 Å². The van der Waals surface area contributed by atoms with Gasteiger partial charge in [-0.25, -0.2) is 0 Å². The molecule has 0 radical (unpaired) electrons. The van der Waals surface area contributed by atoms with Gasteiger partial charge in [0, 0.05) is 56.0 Å². The van der Waals surface area contributed by atoms with Crippen LogP contribution in [0.1, 0.15) is 152 Å². The van der Waals surface area contributed by atoms with Gasteiger partial charge in [0.25, 0.3) is 0 Å². The Morgan fingerprint density at radius 2 is 0.797 bits per heavy atom. The van der Waals surface area contributed by atoms with E-state index in [-0.39, 0.29) is 34.5 Å². The van der Waals surface area contributed by atoms with Crippen molar-refractivity contribution in [1.29, 1.82) is 10.5 Å². The molecule has 0 atom stereocenters. The number of nitrogens with zero attached hydrogens (tertiary/aromatic N) is 3. The van der Waals surface area contributed by atoms with Gasteiger partial charge in [-0.2, -0.15) is 10.5 Å². The smallest absolute Gasteiger partial charge is 0.0995 e. The van der Waals surface area contributed by atoms with Crippen molar-refractivity contribution in [3.63, 3.8) is 0 Å². The van der Waals surface area contributed by atoms with Gasteiger partial charge in [-0.3, -0.25) is 0 Å². The van der Waals surface area contributed by atoms with Crippen LogP contribution in [0, 0.1) is 22.7 Å². The summed E-state index contributed by atoms with van der Waals surface area (Å²) in [6.07, 6.45) is 0. The molecule has 0 N–H and O–H groups in total. The fourth-order valence-corrected chi connectivity index (χ4v) is 16.0. The number of nitriles is 2. The van der Waals surface area contributed by atoms with E-state index < -0.39 is 0 Å². The zero-order valence-corrected chi connectivity index (χ0v) is 38.6. The minimum absolute atomic E-state index is 0.0314. The Balaban J connectivity index is 1.10. The maximum absolute atomic E-state index is 11.5. The molecular weight excluding hydrogens is 835 g/mol. The van der Waals surface area contributed by atoms with Crippen LogP contribution in [0.4, 0.5) is 0 Å². The molecule has 3 nitrogen and oxygen atoms in total. The van der Waals surface area contributed by atoms with Crippen LogP contribution in [0.5, 0.6) is 0 Å². The molecule has 0 saturated heterocycles. The molecule has 0 saturated carbocycles. The van der Waals surface area contributed by atoms with Crippen LogP contribution in [0.15, 0.2) is 152 Å². The van der Waals surface area contributed by atoms with E-state index in [1.54, 1.807) is 0 Å². The minimum atomic E-state index is -0.369. The number of rotatable bonds is 0. The lowest BCUT2D eigenvalue weighted by atomic mass is 9.59. The summed E-state index contributed by atoms with van der Waals surface area (Å²) in [5.41, 5.74) is 30.5. The van der Waals surface area contributed by atoms with E-state index in [9.17, 15) is 10.5 Å². The van der Waals surface area contributed by atoms with Gasteiger partial charge in [0.2, 0.25) is 0 Å². The highest BCUT2D eigenvalue weighted by molar-refractivity contribution is 6.29. The quantitative estimate of drug-likeness (QED) is 0.152. The third kappa shape index (κ3) is 3.88. The summed E-state index contributed by atoms with van der Waals surface area (Å²) in [6, 6.07) is 62.7. The van der Waals surface area contributed by atoms with Crippen molar-refractivity contribution in [2.45, 2.75) is 62.2 Å². The summed E-state index contributed by atoms with van der Waals surface area (Å²) in [5.74, 6) is -0.167. The Labute approximate surface area is 399 Å². The summed E-state index contributed by atoms with van der Waals surface area (Å²) in [7, 11) is 0. The molecule has 8 aliphatic rings. The number of aromatic nitrogens is 1.